The molecule has 0 bridgehead atoms. The van der Waals surface area contributed by atoms with Crippen molar-refractivity contribution in [1.82, 2.24) is 0 Å². The fourth-order valence-electron chi connectivity index (χ4n) is 7.64. The number of unbranched alkanes of at least 4 members (excludes halogenated alkanes) is 30. The topological polar surface area (TPSA) is 78.9 Å². The van der Waals surface area contributed by atoms with Crippen molar-refractivity contribution in [3.8, 4) is 0 Å². The van der Waals surface area contributed by atoms with Gasteiger partial charge in [-0.25, -0.2) is 0 Å². The second kappa shape index (κ2) is 44.0. The molecule has 338 valence electrons. The molecule has 0 saturated heterocycles. The average molecular weight is 807 g/mol. The Balaban J connectivity index is 4.29. The normalized spacial score (nSPS) is 12.1. The SMILES string of the molecule is CCCCCCCCCCCCCC(=O)O[C@H](COC(=O)CCCCCCCCCCCCCCCC(C)C)COC(=O)CCCCCCCCCCCC(C)C. The molecule has 0 aromatic rings. The van der Waals surface area contributed by atoms with Crippen LogP contribution in [0, 0.1) is 11.8 Å². The zero-order valence-electron chi connectivity index (χ0n) is 39.0. The van der Waals surface area contributed by atoms with Crippen molar-refractivity contribution < 1.29 is 28.6 Å². The number of hydrogen-bond donors (Lipinski definition) is 0. The van der Waals surface area contributed by atoms with Crippen LogP contribution in [0.5, 0.6) is 0 Å². The lowest BCUT2D eigenvalue weighted by atomic mass is 10.0. The number of hydrogen-bond acceptors (Lipinski definition) is 6. The molecule has 0 aromatic heterocycles. The molecule has 0 spiro atoms. The van der Waals surface area contributed by atoms with Crippen molar-refractivity contribution in [2.45, 2.75) is 285 Å². The lowest BCUT2D eigenvalue weighted by Crippen LogP contribution is -2.30. The van der Waals surface area contributed by atoms with Crippen LogP contribution in [0.25, 0.3) is 0 Å². The molecule has 0 aromatic carbocycles. The zero-order chi connectivity index (χ0) is 41.9. The summed E-state index contributed by atoms with van der Waals surface area (Å²) in [4.78, 5) is 37.9. The summed E-state index contributed by atoms with van der Waals surface area (Å²) in [6.45, 7) is 11.3. The molecule has 0 heterocycles. The Hall–Kier alpha value is -1.59. The number of carbonyl (C=O) groups is 3. The van der Waals surface area contributed by atoms with Gasteiger partial charge in [-0.05, 0) is 31.1 Å². The van der Waals surface area contributed by atoms with Gasteiger partial charge in [-0.3, -0.25) is 14.4 Å². The Morgan fingerprint density at radius 3 is 0.860 bits per heavy atom. The molecule has 6 nitrogen and oxygen atoms in total. The van der Waals surface area contributed by atoms with Gasteiger partial charge in [0.25, 0.3) is 0 Å². The van der Waals surface area contributed by atoms with Gasteiger partial charge < -0.3 is 14.2 Å². The van der Waals surface area contributed by atoms with Gasteiger partial charge >= 0.3 is 17.9 Å². The zero-order valence-corrected chi connectivity index (χ0v) is 39.0. The summed E-state index contributed by atoms with van der Waals surface area (Å²) in [7, 11) is 0. The van der Waals surface area contributed by atoms with E-state index in [1.807, 2.05) is 0 Å². The lowest BCUT2D eigenvalue weighted by molar-refractivity contribution is -0.167. The van der Waals surface area contributed by atoms with Gasteiger partial charge in [0, 0.05) is 19.3 Å². The maximum atomic E-state index is 12.7. The van der Waals surface area contributed by atoms with Crippen LogP contribution in [-0.4, -0.2) is 37.2 Å². The maximum absolute atomic E-state index is 12.7. The molecule has 57 heavy (non-hydrogen) atoms. The second-order valence-electron chi connectivity index (χ2n) is 18.4. The summed E-state index contributed by atoms with van der Waals surface area (Å²) in [5.41, 5.74) is 0. The minimum Gasteiger partial charge on any atom is -0.462 e. The molecule has 0 saturated carbocycles. The highest BCUT2D eigenvalue weighted by Gasteiger charge is 2.19. The van der Waals surface area contributed by atoms with E-state index >= 15 is 0 Å². The van der Waals surface area contributed by atoms with E-state index in [1.54, 1.807) is 0 Å². The first-order valence-electron chi connectivity index (χ1n) is 25.2. The summed E-state index contributed by atoms with van der Waals surface area (Å²) in [5.74, 6) is 0.797. The first-order chi connectivity index (χ1) is 27.7. The maximum Gasteiger partial charge on any atom is 0.306 e. The molecule has 0 aliphatic rings. The van der Waals surface area contributed by atoms with Gasteiger partial charge in [0.1, 0.15) is 13.2 Å². The largest absolute Gasteiger partial charge is 0.462 e. The molecule has 0 fully saturated rings. The molecule has 0 aliphatic carbocycles. The first-order valence-corrected chi connectivity index (χ1v) is 25.2. The van der Waals surface area contributed by atoms with Gasteiger partial charge in [-0.2, -0.15) is 0 Å². The Labute approximate surface area is 355 Å². The highest BCUT2D eigenvalue weighted by molar-refractivity contribution is 5.71. The van der Waals surface area contributed by atoms with Crippen LogP contribution in [0.4, 0.5) is 0 Å². The molecule has 0 rings (SSSR count). The molecule has 0 N–H and O–H groups in total. The lowest BCUT2D eigenvalue weighted by Gasteiger charge is -2.18. The van der Waals surface area contributed by atoms with Crippen LogP contribution in [0.1, 0.15) is 279 Å². The minimum atomic E-state index is -0.761. The monoisotopic (exact) mass is 807 g/mol. The van der Waals surface area contributed by atoms with Crippen LogP contribution < -0.4 is 0 Å². The molecule has 0 radical (unpaired) electrons. The smallest absolute Gasteiger partial charge is 0.306 e. The van der Waals surface area contributed by atoms with Gasteiger partial charge in [0.2, 0.25) is 0 Å². The molecule has 6 heteroatoms. The van der Waals surface area contributed by atoms with Crippen molar-refractivity contribution in [2.24, 2.45) is 11.8 Å². The van der Waals surface area contributed by atoms with Crippen molar-refractivity contribution >= 4 is 17.9 Å². The van der Waals surface area contributed by atoms with Crippen LogP contribution in [-0.2, 0) is 28.6 Å². The predicted octanol–water partition coefficient (Wildman–Crippen LogP) is 16.1. The average Bonchev–Trinajstić information content (AvgIpc) is 3.18. The fraction of sp³-hybridized carbons (Fsp3) is 0.941. The Bertz CT molecular complexity index is 870. The molecule has 1 atom stereocenters. The molecule has 0 aliphatic heterocycles. The molecular weight excluding hydrogens is 709 g/mol. The van der Waals surface area contributed by atoms with E-state index in [4.69, 9.17) is 14.2 Å². The van der Waals surface area contributed by atoms with Crippen molar-refractivity contribution in [1.29, 1.82) is 0 Å². The van der Waals surface area contributed by atoms with Gasteiger partial charge in [0.05, 0.1) is 0 Å². The molecular formula is C51H98O6. The first kappa shape index (κ1) is 55.4. The number of rotatable bonds is 45. The van der Waals surface area contributed by atoms with Crippen LogP contribution in [0.3, 0.4) is 0 Å². The summed E-state index contributed by atoms with van der Waals surface area (Å²) < 4.78 is 16.8. The molecule has 0 unspecified atom stereocenters. The van der Waals surface area contributed by atoms with E-state index in [0.29, 0.717) is 19.3 Å². The van der Waals surface area contributed by atoms with E-state index in [2.05, 4.69) is 34.6 Å². The predicted molar refractivity (Wildman–Crippen MR) is 243 cm³/mol. The Morgan fingerprint density at radius 2 is 0.579 bits per heavy atom. The van der Waals surface area contributed by atoms with Crippen LogP contribution in [0.15, 0.2) is 0 Å². The second-order valence-corrected chi connectivity index (χ2v) is 18.4. The summed E-state index contributed by atoms with van der Waals surface area (Å²) in [5, 5.41) is 0. The Kier molecular flexibility index (Phi) is 42.7. The number of ether oxygens (including phenoxy) is 3. The Morgan fingerprint density at radius 1 is 0.333 bits per heavy atom. The summed E-state index contributed by atoms with van der Waals surface area (Å²) in [6, 6.07) is 0. The third kappa shape index (κ3) is 45.3. The summed E-state index contributed by atoms with van der Waals surface area (Å²) >= 11 is 0. The van der Waals surface area contributed by atoms with E-state index < -0.39 is 6.10 Å². The van der Waals surface area contributed by atoms with E-state index in [0.717, 1.165) is 69.6 Å². The summed E-state index contributed by atoms with van der Waals surface area (Å²) in [6.07, 6.45) is 43.7. The van der Waals surface area contributed by atoms with Crippen molar-refractivity contribution in [2.75, 3.05) is 13.2 Å². The number of esters is 3. The van der Waals surface area contributed by atoms with Crippen LogP contribution >= 0.6 is 0 Å². The number of carbonyl (C=O) groups excluding carboxylic acids is 3. The van der Waals surface area contributed by atoms with Crippen LogP contribution in [0.2, 0.25) is 0 Å². The van der Waals surface area contributed by atoms with Gasteiger partial charge in [-0.1, -0.05) is 240 Å². The minimum absolute atomic E-state index is 0.0640. The standard InChI is InChI=1S/C51H98O6/c1-6-7-8-9-10-11-15-22-28-33-38-43-51(54)57-48(45-56-50(53)42-37-32-27-23-18-20-25-30-35-40-47(4)5)44-55-49(52)41-36-31-26-21-17-14-12-13-16-19-24-29-34-39-46(2)3/h46-48H,6-45H2,1-5H3/t48-/m1/s1. The van der Waals surface area contributed by atoms with E-state index in [9.17, 15) is 14.4 Å². The quantitative estimate of drug-likeness (QED) is 0.0346. The van der Waals surface area contributed by atoms with E-state index in [1.165, 1.54) is 167 Å². The highest BCUT2D eigenvalue weighted by atomic mass is 16.6. The van der Waals surface area contributed by atoms with E-state index in [-0.39, 0.29) is 31.1 Å². The third-order valence-corrected chi connectivity index (χ3v) is 11.5. The van der Waals surface area contributed by atoms with Gasteiger partial charge in [-0.15, -0.1) is 0 Å². The molecule has 0 amide bonds. The fourth-order valence-corrected chi connectivity index (χ4v) is 7.64. The van der Waals surface area contributed by atoms with Gasteiger partial charge in [0.15, 0.2) is 6.10 Å². The third-order valence-electron chi connectivity index (χ3n) is 11.5. The van der Waals surface area contributed by atoms with Crippen molar-refractivity contribution in [3.63, 3.8) is 0 Å². The van der Waals surface area contributed by atoms with Crippen molar-refractivity contribution in [3.05, 3.63) is 0 Å². The highest BCUT2D eigenvalue weighted by Crippen LogP contribution is 2.17.